The number of likely N-dealkylation sites (tertiary alicyclic amines) is 1. The first kappa shape index (κ1) is 18.0. The summed E-state index contributed by atoms with van der Waals surface area (Å²) < 4.78 is 1.78. The van der Waals surface area contributed by atoms with E-state index in [0.29, 0.717) is 18.7 Å². The van der Waals surface area contributed by atoms with Gasteiger partial charge in [0.2, 0.25) is 5.91 Å². The van der Waals surface area contributed by atoms with Crippen molar-refractivity contribution in [3.05, 3.63) is 60.3 Å². The van der Waals surface area contributed by atoms with Gasteiger partial charge >= 0.3 is 0 Å². The highest BCUT2D eigenvalue weighted by molar-refractivity contribution is 5.94. The Morgan fingerprint density at radius 2 is 2.00 bits per heavy atom. The zero-order valence-corrected chi connectivity index (χ0v) is 15.4. The second-order valence-electron chi connectivity index (χ2n) is 7.02. The number of nitrogens with zero attached hydrogens (tertiary/aromatic N) is 4. The fraction of sp³-hybridized carbons (Fsp3) is 0.300. The van der Waals surface area contributed by atoms with Crippen LogP contribution in [0.3, 0.4) is 0 Å². The van der Waals surface area contributed by atoms with Gasteiger partial charge < -0.3 is 15.2 Å². The Hall–Kier alpha value is -3.42. The highest BCUT2D eigenvalue weighted by atomic mass is 16.2. The molecule has 0 unspecified atom stereocenters. The second kappa shape index (κ2) is 7.67. The van der Waals surface area contributed by atoms with E-state index in [0.717, 1.165) is 29.9 Å². The van der Waals surface area contributed by atoms with Gasteiger partial charge in [-0.1, -0.05) is 12.1 Å². The number of piperidine rings is 1. The Balaban J connectivity index is 1.48. The summed E-state index contributed by atoms with van der Waals surface area (Å²) in [6.07, 6.45) is 6.96. The standard InChI is InChI=1S/C20H22N6O2/c21-18(27)13-25-11-9-22-19(25)16-2-1-10-26(12-16)20(28)15-5-3-14(4-6-15)17-7-8-23-24-17/h3-9,11,16H,1-2,10,12-13H2,(H2,21,27)(H,23,24)/t16-/m1/s1. The molecule has 1 saturated heterocycles. The number of carbonyl (C=O) groups is 2. The van der Waals surface area contributed by atoms with Gasteiger partial charge in [0.25, 0.3) is 5.91 Å². The summed E-state index contributed by atoms with van der Waals surface area (Å²) in [6, 6.07) is 9.41. The van der Waals surface area contributed by atoms with E-state index >= 15 is 0 Å². The molecule has 1 aliphatic heterocycles. The fourth-order valence-electron chi connectivity index (χ4n) is 3.75. The Morgan fingerprint density at radius 1 is 1.18 bits per heavy atom. The topological polar surface area (TPSA) is 110 Å². The van der Waals surface area contributed by atoms with Gasteiger partial charge in [-0.25, -0.2) is 4.98 Å². The Kier molecular flexibility index (Phi) is 4.92. The molecule has 3 heterocycles. The smallest absolute Gasteiger partial charge is 0.253 e. The number of nitrogens with one attached hydrogen (secondary N) is 1. The van der Waals surface area contributed by atoms with E-state index in [1.54, 1.807) is 23.2 Å². The first-order chi connectivity index (χ1) is 13.6. The van der Waals surface area contributed by atoms with E-state index < -0.39 is 5.91 Å². The molecule has 0 radical (unpaired) electrons. The minimum Gasteiger partial charge on any atom is -0.368 e. The number of nitrogens with two attached hydrogens (primary N) is 1. The van der Waals surface area contributed by atoms with Crippen LogP contribution < -0.4 is 5.73 Å². The van der Waals surface area contributed by atoms with E-state index in [1.807, 2.05) is 35.2 Å². The third-order valence-corrected chi connectivity index (χ3v) is 5.09. The molecule has 3 N–H and O–H groups in total. The Morgan fingerprint density at radius 3 is 2.71 bits per heavy atom. The highest BCUT2D eigenvalue weighted by Crippen LogP contribution is 2.27. The van der Waals surface area contributed by atoms with Crippen molar-refractivity contribution in [2.75, 3.05) is 13.1 Å². The first-order valence-electron chi connectivity index (χ1n) is 9.30. The summed E-state index contributed by atoms with van der Waals surface area (Å²) in [5.74, 6) is 0.511. The quantitative estimate of drug-likeness (QED) is 0.705. The minimum absolute atomic E-state index is 0.00821. The predicted molar refractivity (Wildman–Crippen MR) is 103 cm³/mol. The zero-order chi connectivity index (χ0) is 19.5. The first-order valence-corrected chi connectivity index (χ1v) is 9.30. The van der Waals surface area contributed by atoms with Crippen LogP contribution in [0.15, 0.2) is 48.9 Å². The van der Waals surface area contributed by atoms with Crippen LogP contribution >= 0.6 is 0 Å². The zero-order valence-electron chi connectivity index (χ0n) is 15.4. The molecule has 8 nitrogen and oxygen atoms in total. The van der Waals surface area contributed by atoms with Crippen molar-refractivity contribution in [2.24, 2.45) is 5.73 Å². The number of aromatic amines is 1. The summed E-state index contributed by atoms with van der Waals surface area (Å²) in [5, 5.41) is 6.87. The van der Waals surface area contributed by atoms with Gasteiger partial charge in [0.15, 0.2) is 0 Å². The van der Waals surface area contributed by atoms with Gasteiger partial charge in [-0.2, -0.15) is 5.10 Å². The third-order valence-electron chi connectivity index (χ3n) is 5.09. The summed E-state index contributed by atoms with van der Waals surface area (Å²) in [4.78, 5) is 30.5. The molecule has 1 atom stereocenters. The molecule has 3 aromatic rings. The summed E-state index contributed by atoms with van der Waals surface area (Å²) >= 11 is 0. The van der Waals surface area contributed by atoms with Crippen molar-refractivity contribution in [3.8, 4) is 11.3 Å². The molecule has 144 valence electrons. The average molecular weight is 378 g/mol. The summed E-state index contributed by atoms with van der Waals surface area (Å²) in [5.41, 5.74) is 7.88. The van der Waals surface area contributed by atoms with Crippen molar-refractivity contribution >= 4 is 11.8 Å². The highest BCUT2D eigenvalue weighted by Gasteiger charge is 2.28. The lowest BCUT2D eigenvalue weighted by molar-refractivity contribution is -0.118. The number of primary amides is 1. The molecule has 0 spiro atoms. The van der Waals surface area contributed by atoms with E-state index in [2.05, 4.69) is 15.2 Å². The van der Waals surface area contributed by atoms with Crippen LogP contribution in [0.4, 0.5) is 0 Å². The van der Waals surface area contributed by atoms with Crippen molar-refractivity contribution in [1.82, 2.24) is 24.6 Å². The minimum atomic E-state index is -0.402. The molecule has 4 rings (SSSR count). The lowest BCUT2D eigenvalue weighted by Gasteiger charge is -2.32. The molecule has 1 aliphatic rings. The van der Waals surface area contributed by atoms with Crippen molar-refractivity contribution in [3.63, 3.8) is 0 Å². The molecule has 1 aromatic carbocycles. The van der Waals surface area contributed by atoms with Crippen LogP contribution in [0.25, 0.3) is 11.3 Å². The normalized spacial score (nSPS) is 16.9. The van der Waals surface area contributed by atoms with Gasteiger partial charge in [0.05, 0.1) is 5.69 Å². The van der Waals surface area contributed by atoms with Gasteiger partial charge in [-0.05, 0) is 36.6 Å². The van der Waals surface area contributed by atoms with E-state index in [9.17, 15) is 9.59 Å². The molecule has 2 aromatic heterocycles. The number of rotatable bonds is 5. The van der Waals surface area contributed by atoms with Gasteiger partial charge in [-0.15, -0.1) is 0 Å². The van der Waals surface area contributed by atoms with Crippen molar-refractivity contribution < 1.29 is 9.59 Å². The third kappa shape index (κ3) is 3.66. The van der Waals surface area contributed by atoms with Crippen molar-refractivity contribution in [1.29, 1.82) is 0 Å². The number of benzene rings is 1. The van der Waals surface area contributed by atoms with Crippen LogP contribution in [0.2, 0.25) is 0 Å². The van der Waals surface area contributed by atoms with E-state index in [-0.39, 0.29) is 18.4 Å². The summed E-state index contributed by atoms with van der Waals surface area (Å²) in [6.45, 7) is 1.40. The molecule has 0 aliphatic carbocycles. The molecule has 2 amide bonds. The lowest BCUT2D eigenvalue weighted by Crippen LogP contribution is -2.40. The monoisotopic (exact) mass is 378 g/mol. The van der Waals surface area contributed by atoms with E-state index in [4.69, 9.17) is 5.73 Å². The molecular formula is C20H22N6O2. The van der Waals surface area contributed by atoms with Crippen LogP contribution in [0.5, 0.6) is 0 Å². The largest absolute Gasteiger partial charge is 0.368 e. The van der Waals surface area contributed by atoms with Crippen LogP contribution in [0, 0.1) is 0 Å². The SMILES string of the molecule is NC(=O)Cn1ccnc1[C@@H]1CCCN(C(=O)c2ccc(-c3ccn[nH]3)cc2)C1. The maximum absolute atomic E-state index is 13.0. The second-order valence-corrected chi connectivity index (χ2v) is 7.02. The van der Waals surface area contributed by atoms with E-state index in [1.165, 1.54) is 0 Å². The Labute approximate surface area is 162 Å². The molecule has 0 saturated carbocycles. The van der Waals surface area contributed by atoms with Crippen LogP contribution in [0.1, 0.15) is 34.9 Å². The molecule has 0 bridgehead atoms. The summed E-state index contributed by atoms with van der Waals surface area (Å²) in [7, 11) is 0. The Bertz CT molecular complexity index is 961. The number of hydrogen-bond acceptors (Lipinski definition) is 4. The van der Waals surface area contributed by atoms with Crippen LogP contribution in [-0.2, 0) is 11.3 Å². The molecule has 8 heteroatoms. The maximum Gasteiger partial charge on any atom is 0.253 e. The average Bonchev–Trinajstić information content (AvgIpc) is 3.39. The fourth-order valence-corrected chi connectivity index (χ4v) is 3.75. The molecular weight excluding hydrogens is 356 g/mol. The maximum atomic E-state index is 13.0. The molecule has 1 fully saturated rings. The van der Waals surface area contributed by atoms with Gasteiger partial charge in [0.1, 0.15) is 12.4 Å². The van der Waals surface area contributed by atoms with Gasteiger partial charge in [0, 0.05) is 43.2 Å². The lowest BCUT2D eigenvalue weighted by atomic mass is 9.96. The molecule has 28 heavy (non-hydrogen) atoms. The number of carbonyl (C=O) groups excluding carboxylic acids is 2. The van der Waals surface area contributed by atoms with Crippen molar-refractivity contribution in [2.45, 2.75) is 25.3 Å². The van der Waals surface area contributed by atoms with Gasteiger partial charge in [-0.3, -0.25) is 14.7 Å². The predicted octanol–water partition coefficient (Wildman–Crippen LogP) is 1.78. The number of hydrogen-bond donors (Lipinski definition) is 2. The number of imidazole rings is 1. The number of aromatic nitrogens is 4. The van der Waals surface area contributed by atoms with Crippen LogP contribution in [-0.4, -0.2) is 49.6 Å². The number of amides is 2. The number of H-pyrrole nitrogens is 1.